The van der Waals surface area contributed by atoms with E-state index in [-0.39, 0.29) is 5.75 Å². The number of hydrogen-bond donors (Lipinski definition) is 2. The number of phenols is 1. The summed E-state index contributed by atoms with van der Waals surface area (Å²) in [5.74, 6) is 1.66. The van der Waals surface area contributed by atoms with Crippen molar-refractivity contribution < 1.29 is 14.6 Å². The van der Waals surface area contributed by atoms with Crippen molar-refractivity contribution in [3.05, 3.63) is 17.7 Å². The molecule has 1 aromatic rings. The summed E-state index contributed by atoms with van der Waals surface area (Å²) in [6.45, 7) is 4.13. The Morgan fingerprint density at radius 1 is 1.29 bits per heavy atom. The number of piperidine rings is 1. The van der Waals surface area contributed by atoms with Crippen LogP contribution in [0.25, 0.3) is 0 Å². The standard InChI is InChI=1S/C16H26N2O3/c1-18-6-4-5-12(11-18)9-17-10-13-7-14(20-2)16(19)15(8-13)21-3/h7-8,12,17,19H,4-6,9-11H2,1-3H3. The van der Waals surface area contributed by atoms with Crippen molar-refractivity contribution >= 4 is 0 Å². The molecule has 0 spiro atoms. The summed E-state index contributed by atoms with van der Waals surface area (Å²) in [7, 11) is 5.27. The van der Waals surface area contributed by atoms with Crippen LogP contribution in [-0.2, 0) is 6.54 Å². The highest BCUT2D eigenvalue weighted by atomic mass is 16.5. The smallest absolute Gasteiger partial charge is 0.200 e. The van der Waals surface area contributed by atoms with E-state index in [2.05, 4.69) is 17.3 Å². The summed E-state index contributed by atoms with van der Waals surface area (Å²) < 4.78 is 10.3. The van der Waals surface area contributed by atoms with Crippen molar-refractivity contribution in [2.24, 2.45) is 5.92 Å². The van der Waals surface area contributed by atoms with Crippen LogP contribution in [0.1, 0.15) is 18.4 Å². The van der Waals surface area contributed by atoms with Crippen LogP contribution in [0.15, 0.2) is 12.1 Å². The number of aromatic hydroxyl groups is 1. The molecule has 1 fully saturated rings. The summed E-state index contributed by atoms with van der Waals surface area (Å²) in [6, 6.07) is 3.69. The normalized spacial score (nSPS) is 19.5. The molecule has 1 atom stereocenters. The van der Waals surface area contributed by atoms with E-state index in [1.807, 2.05) is 12.1 Å². The number of nitrogens with zero attached hydrogens (tertiary/aromatic N) is 1. The molecule has 2 N–H and O–H groups in total. The second-order valence-corrected chi connectivity index (χ2v) is 5.75. The van der Waals surface area contributed by atoms with E-state index >= 15 is 0 Å². The lowest BCUT2D eigenvalue weighted by Gasteiger charge is -2.29. The van der Waals surface area contributed by atoms with Gasteiger partial charge < -0.3 is 24.8 Å². The van der Waals surface area contributed by atoms with Gasteiger partial charge in [0.1, 0.15) is 0 Å². The molecule has 0 aromatic heterocycles. The molecule has 1 heterocycles. The lowest BCUT2D eigenvalue weighted by Crippen LogP contribution is -2.37. The van der Waals surface area contributed by atoms with Crippen molar-refractivity contribution in [3.63, 3.8) is 0 Å². The quantitative estimate of drug-likeness (QED) is 0.838. The Morgan fingerprint density at radius 2 is 1.95 bits per heavy atom. The maximum absolute atomic E-state index is 9.90. The van der Waals surface area contributed by atoms with Crippen molar-refractivity contribution in [3.8, 4) is 17.2 Å². The van der Waals surface area contributed by atoms with Gasteiger partial charge in [-0.25, -0.2) is 0 Å². The van der Waals surface area contributed by atoms with Gasteiger partial charge in [0.25, 0.3) is 0 Å². The van der Waals surface area contributed by atoms with E-state index in [1.165, 1.54) is 19.4 Å². The molecule has 0 radical (unpaired) electrons. The Labute approximate surface area is 126 Å². The summed E-state index contributed by atoms with van der Waals surface area (Å²) in [6.07, 6.45) is 2.57. The highest BCUT2D eigenvalue weighted by Gasteiger charge is 2.17. The van der Waals surface area contributed by atoms with Crippen LogP contribution >= 0.6 is 0 Å². The number of likely N-dealkylation sites (tertiary alicyclic amines) is 1. The first-order valence-electron chi connectivity index (χ1n) is 7.47. The minimum absolute atomic E-state index is 0.0534. The van der Waals surface area contributed by atoms with Crippen molar-refractivity contribution in [2.45, 2.75) is 19.4 Å². The Kier molecular flexibility index (Phi) is 5.70. The summed E-state index contributed by atoms with van der Waals surface area (Å²) in [5, 5.41) is 13.4. The van der Waals surface area contributed by atoms with Gasteiger partial charge in [0.05, 0.1) is 14.2 Å². The number of benzene rings is 1. The molecule has 5 heteroatoms. The van der Waals surface area contributed by atoms with E-state index < -0.39 is 0 Å². The molecular formula is C16H26N2O3. The first kappa shape index (κ1) is 15.9. The number of phenolic OH excluding ortho intramolecular Hbond substituents is 1. The Morgan fingerprint density at radius 3 is 2.52 bits per heavy atom. The minimum atomic E-state index is 0.0534. The van der Waals surface area contributed by atoms with Crippen LogP contribution in [0.3, 0.4) is 0 Å². The molecule has 1 aromatic carbocycles. The fourth-order valence-corrected chi connectivity index (χ4v) is 2.91. The fourth-order valence-electron chi connectivity index (χ4n) is 2.91. The molecular weight excluding hydrogens is 268 g/mol. The molecule has 1 aliphatic rings. The van der Waals surface area contributed by atoms with Crippen molar-refractivity contribution in [2.75, 3.05) is 40.9 Å². The van der Waals surface area contributed by atoms with Gasteiger partial charge in [-0.1, -0.05) is 0 Å². The van der Waals surface area contributed by atoms with Gasteiger partial charge in [0.2, 0.25) is 5.75 Å². The molecule has 0 amide bonds. The zero-order valence-electron chi connectivity index (χ0n) is 13.2. The number of rotatable bonds is 6. The van der Waals surface area contributed by atoms with Gasteiger partial charge in [-0.15, -0.1) is 0 Å². The summed E-state index contributed by atoms with van der Waals surface area (Å²) in [4.78, 5) is 2.39. The van der Waals surface area contributed by atoms with Crippen LogP contribution in [0.4, 0.5) is 0 Å². The van der Waals surface area contributed by atoms with Crippen LogP contribution in [0.5, 0.6) is 17.2 Å². The Balaban J connectivity index is 1.90. The zero-order valence-corrected chi connectivity index (χ0v) is 13.2. The molecule has 0 saturated carbocycles. The van der Waals surface area contributed by atoms with Gasteiger partial charge in [-0.05, 0) is 56.6 Å². The second kappa shape index (κ2) is 7.52. The molecule has 1 aliphatic heterocycles. The average molecular weight is 294 g/mol. The third kappa shape index (κ3) is 4.25. The van der Waals surface area contributed by atoms with E-state index in [0.29, 0.717) is 17.4 Å². The van der Waals surface area contributed by atoms with Gasteiger partial charge in [0, 0.05) is 13.1 Å². The molecule has 2 rings (SSSR count). The lowest BCUT2D eigenvalue weighted by molar-refractivity contribution is 0.206. The van der Waals surface area contributed by atoms with E-state index in [9.17, 15) is 5.11 Å². The maximum Gasteiger partial charge on any atom is 0.200 e. The van der Waals surface area contributed by atoms with Crippen LogP contribution in [0, 0.1) is 5.92 Å². The van der Waals surface area contributed by atoms with Gasteiger partial charge in [-0.2, -0.15) is 0 Å². The molecule has 5 nitrogen and oxygen atoms in total. The fraction of sp³-hybridized carbons (Fsp3) is 0.625. The monoisotopic (exact) mass is 294 g/mol. The van der Waals surface area contributed by atoms with Gasteiger partial charge >= 0.3 is 0 Å². The third-order valence-electron chi connectivity index (χ3n) is 4.02. The van der Waals surface area contributed by atoms with Crippen LogP contribution in [-0.4, -0.2) is 50.9 Å². The lowest BCUT2D eigenvalue weighted by atomic mass is 9.98. The topological polar surface area (TPSA) is 54.0 Å². The predicted octanol–water partition coefficient (Wildman–Crippen LogP) is 1.84. The van der Waals surface area contributed by atoms with E-state index in [1.54, 1.807) is 14.2 Å². The first-order chi connectivity index (χ1) is 10.1. The second-order valence-electron chi connectivity index (χ2n) is 5.75. The molecule has 1 saturated heterocycles. The number of hydrogen-bond acceptors (Lipinski definition) is 5. The first-order valence-corrected chi connectivity index (χ1v) is 7.47. The number of ether oxygens (including phenoxy) is 2. The van der Waals surface area contributed by atoms with Gasteiger partial charge in [-0.3, -0.25) is 0 Å². The summed E-state index contributed by atoms with van der Waals surface area (Å²) in [5.41, 5.74) is 1.05. The molecule has 0 bridgehead atoms. The Hall–Kier alpha value is -1.46. The molecule has 21 heavy (non-hydrogen) atoms. The largest absolute Gasteiger partial charge is 0.502 e. The highest BCUT2D eigenvalue weighted by molar-refractivity contribution is 5.52. The van der Waals surface area contributed by atoms with Crippen LogP contribution < -0.4 is 14.8 Å². The van der Waals surface area contributed by atoms with Gasteiger partial charge in [0.15, 0.2) is 11.5 Å². The molecule has 0 aliphatic carbocycles. The zero-order chi connectivity index (χ0) is 15.2. The van der Waals surface area contributed by atoms with Crippen molar-refractivity contribution in [1.82, 2.24) is 10.2 Å². The van der Waals surface area contributed by atoms with E-state index in [0.717, 1.165) is 25.2 Å². The SMILES string of the molecule is COc1cc(CNCC2CCCN(C)C2)cc(OC)c1O. The van der Waals surface area contributed by atoms with E-state index in [4.69, 9.17) is 9.47 Å². The number of methoxy groups -OCH3 is 2. The maximum atomic E-state index is 9.90. The molecule has 1 unspecified atom stereocenters. The predicted molar refractivity (Wildman–Crippen MR) is 83.1 cm³/mol. The van der Waals surface area contributed by atoms with Crippen molar-refractivity contribution in [1.29, 1.82) is 0 Å². The summed E-state index contributed by atoms with van der Waals surface area (Å²) >= 11 is 0. The van der Waals surface area contributed by atoms with Crippen LogP contribution in [0.2, 0.25) is 0 Å². The highest BCUT2D eigenvalue weighted by Crippen LogP contribution is 2.37. The number of nitrogens with one attached hydrogen (secondary N) is 1. The minimum Gasteiger partial charge on any atom is -0.502 e. The third-order valence-corrected chi connectivity index (χ3v) is 4.02. The average Bonchev–Trinajstić information content (AvgIpc) is 2.48. The molecule has 118 valence electrons. The Bertz CT molecular complexity index is 440.